The monoisotopic (exact) mass is 428 g/mol. The summed E-state index contributed by atoms with van der Waals surface area (Å²) in [5, 5.41) is 3.67. The van der Waals surface area contributed by atoms with Crippen molar-refractivity contribution in [3.05, 3.63) is 35.0 Å². The Labute approximate surface area is 182 Å². The molecule has 3 amide bonds. The quantitative estimate of drug-likeness (QED) is 0.498. The predicted octanol–water partition coefficient (Wildman–Crippen LogP) is 2.71. The van der Waals surface area contributed by atoms with E-state index in [1.165, 1.54) is 4.90 Å². The van der Waals surface area contributed by atoms with Crippen molar-refractivity contribution in [3.63, 3.8) is 0 Å². The summed E-state index contributed by atoms with van der Waals surface area (Å²) in [7, 11) is 3.98. The maximum atomic E-state index is 12.7. The number of rotatable bonds is 8. The number of aromatic amines is 1. The van der Waals surface area contributed by atoms with Gasteiger partial charge in [-0.15, -0.1) is 0 Å². The summed E-state index contributed by atoms with van der Waals surface area (Å²) in [5.41, 5.74) is 2.40. The van der Waals surface area contributed by atoms with Crippen LogP contribution in [0.25, 0.3) is 10.9 Å². The van der Waals surface area contributed by atoms with Gasteiger partial charge in [-0.1, -0.05) is 6.07 Å². The molecule has 0 spiro atoms. The average molecular weight is 429 g/mol. The number of likely N-dealkylation sites (N-methyl/N-ethyl adjacent to an activating group) is 1. The minimum atomic E-state index is -0.868. The van der Waals surface area contributed by atoms with E-state index in [9.17, 15) is 14.4 Å². The second-order valence-corrected chi connectivity index (χ2v) is 9.13. The van der Waals surface area contributed by atoms with Gasteiger partial charge in [0.1, 0.15) is 11.2 Å². The lowest BCUT2D eigenvalue weighted by atomic mass is 10.0. The second-order valence-electron chi connectivity index (χ2n) is 9.13. The molecular weight excluding hydrogens is 396 g/mol. The topological polar surface area (TPSA) is 94.7 Å². The molecule has 1 aliphatic rings. The van der Waals surface area contributed by atoms with Crippen LogP contribution in [0.4, 0.5) is 4.79 Å². The molecule has 2 aromatic rings. The highest BCUT2D eigenvalue weighted by Gasteiger charge is 2.43. The Morgan fingerprint density at radius 1 is 1.19 bits per heavy atom. The number of amides is 3. The lowest BCUT2D eigenvalue weighted by Gasteiger charge is -2.16. The summed E-state index contributed by atoms with van der Waals surface area (Å²) < 4.78 is 5.43. The zero-order valence-corrected chi connectivity index (χ0v) is 19.2. The summed E-state index contributed by atoms with van der Waals surface area (Å²) in [6.07, 6.45) is 1.03. The van der Waals surface area contributed by atoms with E-state index in [1.54, 1.807) is 13.8 Å². The van der Waals surface area contributed by atoms with Crippen LogP contribution >= 0.6 is 0 Å². The largest absolute Gasteiger partial charge is 0.458 e. The van der Waals surface area contributed by atoms with Crippen LogP contribution in [0.15, 0.2) is 18.2 Å². The molecule has 0 aliphatic carbocycles. The van der Waals surface area contributed by atoms with E-state index in [4.69, 9.17) is 4.74 Å². The highest BCUT2D eigenvalue weighted by atomic mass is 16.5. The maximum Gasteiger partial charge on any atom is 0.355 e. The lowest BCUT2D eigenvalue weighted by molar-refractivity contribution is -0.130. The number of esters is 1. The van der Waals surface area contributed by atoms with E-state index in [2.05, 4.69) is 15.2 Å². The molecule has 1 aromatic heterocycles. The molecule has 3 rings (SSSR count). The van der Waals surface area contributed by atoms with Gasteiger partial charge in [0.2, 0.25) is 0 Å². The molecule has 0 radical (unpaired) electrons. The highest BCUT2D eigenvalue weighted by Crippen LogP contribution is 2.26. The summed E-state index contributed by atoms with van der Waals surface area (Å²) >= 11 is 0. The molecule has 0 saturated carbocycles. The molecule has 31 heavy (non-hydrogen) atoms. The fourth-order valence-corrected chi connectivity index (χ4v) is 3.75. The lowest BCUT2D eigenvalue weighted by Crippen LogP contribution is -2.40. The first-order valence-electron chi connectivity index (χ1n) is 10.6. The third-order valence-electron chi connectivity index (χ3n) is 5.39. The molecule has 1 aromatic carbocycles. The van der Waals surface area contributed by atoms with Gasteiger partial charge in [-0.25, -0.2) is 9.59 Å². The van der Waals surface area contributed by atoms with E-state index >= 15 is 0 Å². The Kier molecular flexibility index (Phi) is 6.40. The number of imide groups is 1. The second kappa shape index (κ2) is 8.70. The number of carbonyl (C=O) groups excluding carboxylic acids is 3. The van der Waals surface area contributed by atoms with Crippen LogP contribution < -0.4 is 5.32 Å². The van der Waals surface area contributed by atoms with Gasteiger partial charge in [0.25, 0.3) is 5.91 Å². The number of nitrogens with zero attached hydrogens (tertiary/aromatic N) is 2. The standard InChI is InChI=1S/C23H32N4O4/c1-14(2)31-20(28)19-16(10-11-26(5)6)17-13-15(7-8-18(17)24-19)9-12-27-21(29)23(3,4)25-22(27)30/h7-8,13-14,24H,9-12H2,1-6H3,(H,25,30). The van der Waals surface area contributed by atoms with Crippen molar-refractivity contribution in [1.29, 1.82) is 0 Å². The Hall–Kier alpha value is -2.87. The van der Waals surface area contributed by atoms with E-state index < -0.39 is 5.54 Å². The van der Waals surface area contributed by atoms with Gasteiger partial charge in [-0.2, -0.15) is 0 Å². The number of hydrogen-bond donors (Lipinski definition) is 2. The smallest absolute Gasteiger partial charge is 0.355 e. The number of carbonyl (C=O) groups is 3. The van der Waals surface area contributed by atoms with Crippen molar-refractivity contribution >= 4 is 28.8 Å². The Bertz CT molecular complexity index is 1010. The number of benzene rings is 1. The van der Waals surface area contributed by atoms with Crippen molar-refractivity contribution in [1.82, 2.24) is 20.1 Å². The molecule has 1 fully saturated rings. The fourth-order valence-electron chi connectivity index (χ4n) is 3.75. The summed E-state index contributed by atoms with van der Waals surface area (Å²) in [5.74, 6) is -0.575. The van der Waals surface area contributed by atoms with E-state index in [1.807, 2.05) is 46.1 Å². The molecule has 2 heterocycles. The summed E-state index contributed by atoms with van der Waals surface area (Å²) in [6.45, 7) is 8.15. The zero-order valence-electron chi connectivity index (χ0n) is 19.2. The third kappa shape index (κ3) is 4.90. The van der Waals surface area contributed by atoms with Gasteiger partial charge >= 0.3 is 12.0 Å². The first kappa shape index (κ1) is 22.8. The van der Waals surface area contributed by atoms with Crippen LogP contribution in [0.5, 0.6) is 0 Å². The van der Waals surface area contributed by atoms with Gasteiger partial charge in [-0.05, 0) is 77.9 Å². The maximum absolute atomic E-state index is 12.7. The van der Waals surface area contributed by atoms with E-state index in [0.29, 0.717) is 25.1 Å². The zero-order chi connectivity index (χ0) is 22.9. The predicted molar refractivity (Wildman–Crippen MR) is 119 cm³/mol. The van der Waals surface area contributed by atoms with Gasteiger partial charge < -0.3 is 19.9 Å². The van der Waals surface area contributed by atoms with Gasteiger partial charge in [0, 0.05) is 24.0 Å². The molecule has 0 atom stereocenters. The molecule has 2 N–H and O–H groups in total. The minimum Gasteiger partial charge on any atom is -0.458 e. The molecule has 0 bridgehead atoms. The molecule has 168 valence electrons. The van der Waals surface area contributed by atoms with Gasteiger partial charge in [0.05, 0.1) is 6.10 Å². The SMILES string of the molecule is CC(C)OC(=O)c1[nH]c2ccc(CCN3C(=O)NC(C)(C)C3=O)cc2c1CCN(C)C. The van der Waals surface area contributed by atoms with Crippen LogP contribution in [-0.4, -0.2) is 71.5 Å². The number of aromatic nitrogens is 1. The minimum absolute atomic E-state index is 0.204. The van der Waals surface area contributed by atoms with Crippen molar-refractivity contribution in [3.8, 4) is 0 Å². The first-order valence-corrected chi connectivity index (χ1v) is 10.6. The van der Waals surface area contributed by atoms with Crippen LogP contribution in [0.3, 0.4) is 0 Å². The Balaban J connectivity index is 1.87. The first-order chi connectivity index (χ1) is 14.5. The van der Waals surface area contributed by atoms with Crippen LogP contribution in [-0.2, 0) is 22.4 Å². The number of ether oxygens (including phenoxy) is 1. The molecule has 8 heteroatoms. The third-order valence-corrected chi connectivity index (χ3v) is 5.39. The van der Waals surface area contributed by atoms with E-state index in [0.717, 1.165) is 28.6 Å². The van der Waals surface area contributed by atoms with Gasteiger partial charge in [0.15, 0.2) is 0 Å². The number of H-pyrrole nitrogens is 1. The fraction of sp³-hybridized carbons (Fsp3) is 0.522. The van der Waals surface area contributed by atoms with E-state index in [-0.39, 0.29) is 24.0 Å². The highest BCUT2D eigenvalue weighted by molar-refractivity contribution is 6.06. The van der Waals surface area contributed by atoms with Crippen molar-refractivity contribution in [2.24, 2.45) is 0 Å². The van der Waals surface area contributed by atoms with Crippen molar-refractivity contribution < 1.29 is 19.1 Å². The number of hydrogen-bond acceptors (Lipinski definition) is 5. The van der Waals surface area contributed by atoms with Crippen molar-refractivity contribution in [2.45, 2.75) is 52.2 Å². The molecule has 0 unspecified atom stereocenters. The molecule has 1 aliphatic heterocycles. The number of urea groups is 1. The van der Waals surface area contributed by atoms with Crippen LogP contribution in [0, 0.1) is 0 Å². The van der Waals surface area contributed by atoms with Crippen molar-refractivity contribution in [2.75, 3.05) is 27.2 Å². The number of nitrogens with one attached hydrogen (secondary N) is 2. The number of fused-ring (bicyclic) bond motifs is 1. The average Bonchev–Trinajstić information content (AvgIpc) is 3.12. The summed E-state index contributed by atoms with van der Waals surface area (Å²) in [6, 6.07) is 5.57. The Morgan fingerprint density at radius 2 is 1.90 bits per heavy atom. The van der Waals surface area contributed by atoms with Gasteiger partial charge in [-0.3, -0.25) is 9.69 Å². The molecule has 8 nitrogen and oxygen atoms in total. The normalized spacial score (nSPS) is 15.9. The summed E-state index contributed by atoms with van der Waals surface area (Å²) in [4.78, 5) is 43.8. The van der Waals surface area contributed by atoms with Crippen LogP contribution in [0.2, 0.25) is 0 Å². The molecule has 1 saturated heterocycles. The molecular formula is C23H32N4O4. The van der Waals surface area contributed by atoms with Crippen LogP contribution in [0.1, 0.15) is 49.3 Å². The Morgan fingerprint density at radius 3 is 2.48 bits per heavy atom.